The fraction of sp³-hybridized carbons (Fsp3) is 0.750. The summed E-state index contributed by atoms with van der Waals surface area (Å²) in [6, 6.07) is -0.554. The summed E-state index contributed by atoms with van der Waals surface area (Å²) in [5.74, 6) is -1.25. The van der Waals surface area contributed by atoms with E-state index in [0.29, 0.717) is 19.4 Å². The average Bonchev–Trinajstić information content (AvgIpc) is 2.52. The van der Waals surface area contributed by atoms with Crippen molar-refractivity contribution in [1.82, 2.24) is 4.90 Å². The van der Waals surface area contributed by atoms with Crippen LogP contribution < -0.4 is 0 Å². The summed E-state index contributed by atoms with van der Waals surface area (Å²) < 4.78 is 21.1. The third kappa shape index (κ3) is 4.94. The van der Waals surface area contributed by atoms with Crippen molar-refractivity contribution in [2.24, 2.45) is 0 Å². The molecule has 0 aromatic rings. The summed E-state index contributed by atoms with van der Waals surface area (Å²) in [6.07, 6.45) is 3.47. The van der Waals surface area contributed by atoms with Crippen LogP contribution in [-0.2, 0) is 23.7 Å². The molecule has 2 atom stereocenters. The van der Waals surface area contributed by atoms with E-state index in [1.54, 1.807) is 39.0 Å². The fourth-order valence-electron chi connectivity index (χ4n) is 2.85. The molecule has 23 heavy (non-hydrogen) atoms. The first-order valence-electron chi connectivity index (χ1n) is 7.83. The number of likely N-dealkylation sites (tertiary alicyclic amines) is 1. The van der Waals surface area contributed by atoms with E-state index in [1.807, 2.05) is 6.92 Å². The number of ether oxygens (including phenoxy) is 4. The quantitative estimate of drug-likeness (QED) is 0.422. The summed E-state index contributed by atoms with van der Waals surface area (Å²) >= 11 is 0. The molecule has 1 saturated heterocycles. The maximum Gasteiger partial charge on any atom is 0.410 e. The average molecular weight is 329 g/mol. The Morgan fingerprint density at radius 2 is 1.74 bits per heavy atom. The van der Waals surface area contributed by atoms with E-state index in [1.165, 1.54) is 6.08 Å². The summed E-state index contributed by atoms with van der Waals surface area (Å²) in [7, 11) is 3.14. The number of carbonyl (C=O) groups excluding carboxylic acids is 2. The molecule has 0 bridgehead atoms. The van der Waals surface area contributed by atoms with Crippen LogP contribution in [0.4, 0.5) is 4.79 Å². The zero-order valence-electron chi connectivity index (χ0n) is 14.5. The molecule has 132 valence electrons. The zero-order valence-corrected chi connectivity index (χ0v) is 14.5. The van der Waals surface area contributed by atoms with Crippen LogP contribution in [0.1, 0.15) is 33.6 Å². The summed E-state index contributed by atoms with van der Waals surface area (Å²) in [5, 5.41) is 0. The van der Waals surface area contributed by atoms with Gasteiger partial charge in [0, 0.05) is 39.2 Å². The predicted molar refractivity (Wildman–Crippen MR) is 83.9 cm³/mol. The molecule has 1 aliphatic rings. The van der Waals surface area contributed by atoms with Gasteiger partial charge in [0.15, 0.2) is 5.79 Å². The first-order chi connectivity index (χ1) is 10.9. The van der Waals surface area contributed by atoms with Crippen molar-refractivity contribution in [2.45, 2.75) is 51.5 Å². The molecular weight excluding hydrogens is 302 g/mol. The molecule has 0 aliphatic carbocycles. The van der Waals surface area contributed by atoms with Gasteiger partial charge in [0.25, 0.3) is 0 Å². The summed E-state index contributed by atoms with van der Waals surface area (Å²) in [6.45, 7) is 5.97. The van der Waals surface area contributed by atoms with Gasteiger partial charge in [-0.1, -0.05) is 6.08 Å². The number of methoxy groups -OCH3 is 2. The minimum absolute atomic E-state index is 0.167. The molecule has 0 saturated carbocycles. The minimum Gasteiger partial charge on any atom is -0.463 e. The van der Waals surface area contributed by atoms with Gasteiger partial charge >= 0.3 is 12.1 Å². The van der Waals surface area contributed by atoms with Crippen LogP contribution in [0.15, 0.2) is 12.2 Å². The largest absolute Gasteiger partial charge is 0.463 e. The zero-order chi connectivity index (χ0) is 17.5. The number of piperidine rings is 1. The van der Waals surface area contributed by atoms with Crippen molar-refractivity contribution < 1.29 is 28.5 Å². The van der Waals surface area contributed by atoms with Crippen LogP contribution in [0.3, 0.4) is 0 Å². The maximum absolute atomic E-state index is 12.2. The highest BCUT2D eigenvalue weighted by Gasteiger charge is 2.45. The van der Waals surface area contributed by atoms with Gasteiger partial charge in [0.2, 0.25) is 0 Å². The lowest BCUT2D eigenvalue weighted by atomic mass is 9.90. The van der Waals surface area contributed by atoms with Gasteiger partial charge < -0.3 is 18.9 Å². The normalized spacial score (nSPS) is 23.8. The standard InChI is InChI=1S/C16H27NO6/c1-6-22-14(18)9-8-13-11-16(20-4,21-5)10-12(3)17(13)15(19)23-7-2/h8-9,12-13H,6-7,10-11H2,1-5H3/b9-8+/t12-,13-/m0/s1. The van der Waals surface area contributed by atoms with E-state index >= 15 is 0 Å². The minimum atomic E-state index is -0.800. The first kappa shape index (κ1) is 19.4. The highest BCUT2D eigenvalue weighted by molar-refractivity contribution is 5.82. The van der Waals surface area contributed by atoms with E-state index in [-0.39, 0.29) is 18.7 Å². The highest BCUT2D eigenvalue weighted by atomic mass is 16.7. The fourth-order valence-corrected chi connectivity index (χ4v) is 2.85. The molecule has 1 rings (SSSR count). The van der Waals surface area contributed by atoms with Gasteiger partial charge in [0.1, 0.15) is 0 Å². The smallest absolute Gasteiger partial charge is 0.410 e. The number of esters is 1. The molecule has 0 aromatic heterocycles. The molecular formula is C16H27NO6. The van der Waals surface area contributed by atoms with Crippen LogP contribution in [0, 0.1) is 0 Å². The lowest BCUT2D eigenvalue weighted by molar-refractivity contribution is -0.240. The van der Waals surface area contributed by atoms with Gasteiger partial charge in [-0.3, -0.25) is 4.90 Å². The van der Waals surface area contributed by atoms with Crippen molar-refractivity contribution in [2.75, 3.05) is 27.4 Å². The second-order valence-electron chi connectivity index (χ2n) is 5.36. The molecule has 1 amide bonds. The highest BCUT2D eigenvalue weighted by Crippen LogP contribution is 2.35. The van der Waals surface area contributed by atoms with Crippen LogP contribution in [0.25, 0.3) is 0 Å². The van der Waals surface area contributed by atoms with Crippen LogP contribution in [-0.4, -0.2) is 62.3 Å². The van der Waals surface area contributed by atoms with Crippen LogP contribution in [0.2, 0.25) is 0 Å². The second-order valence-corrected chi connectivity index (χ2v) is 5.36. The van der Waals surface area contributed by atoms with Crippen molar-refractivity contribution in [1.29, 1.82) is 0 Å². The van der Waals surface area contributed by atoms with Crippen molar-refractivity contribution in [3.63, 3.8) is 0 Å². The maximum atomic E-state index is 12.2. The third-order valence-corrected chi connectivity index (χ3v) is 3.92. The molecule has 1 heterocycles. The monoisotopic (exact) mass is 329 g/mol. The Hall–Kier alpha value is -1.60. The SMILES string of the molecule is CCOC(=O)/C=C/[C@H]1CC(OC)(OC)C[C@H](C)N1C(=O)OCC. The topological polar surface area (TPSA) is 74.3 Å². The Bertz CT molecular complexity index is 432. The van der Waals surface area contributed by atoms with Crippen LogP contribution >= 0.6 is 0 Å². The number of rotatable bonds is 6. The van der Waals surface area contributed by atoms with Gasteiger partial charge in [-0.05, 0) is 20.8 Å². The molecule has 1 aliphatic heterocycles. The molecule has 0 spiro atoms. The van der Waals surface area contributed by atoms with E-state index in [2.05, 4.69) is 0 Å². The second kappa shape index (κ2) is 8.88. The number of hydrogen-bond donors (Lipinski definition) is 0. The van der Waals surface area contributed by atoms with Gasteiger partial charge in [-0.2, -0.15) is 0 Å². The van der Waals surface area contributed by atoms with Gasteiger partial charge in [0.05, 0.1) is 19.3 Å². The van der Waals surface area contributed by atoms with Crippen molar-refractivity contribution in [3.05, 3.63) is 12.2 Å². The number of amides is 1. The number of hydrogen-bond acceptors (Lipinski definition) is 6. The van der Waals surface area contributed by atoms with Crippen LogP contribution in [0.5, 0.6) is 0 Å². The molecule has 0 radical (unpaired) electrons. The Kier molecular flexibility index (Phi) is 7.51. The van der Waals surface area contributed by atoms with Crippen molar-refractivity contribution in [3.8, 4) is 0 Å². The predicted octanol–water partition coefficient (Wildman–Crippen LogP) is 2.10. The Balaban J connectivity index is 3.02. The Labute approximate surface area is 137 Å². The molecule has 0 N–H and O–H groups in total. The lowest BCUT2D eigenvalue weighted by Crippen LogP contribution is -2.57. The molecule has 7 heteroatoms. The Morgan fingerprint density at radius 1 is 1.13 bits per heavy atom. The lowest BCUT2D eigenvalue weighted by Gasteiger charge is -2.47. The molecule has 0 aromatic carbocycles. The Morgan fingerprint density at radius 3 is 2.26 bits per heavy atom. The van der Waals surface area contributed by atoms with E-state index in [9.17, 15) is 9.59 Å². The molecule has 0 unspecified atom stereocenters. The van der Waals surface area contributed by atoms with Gasteiger partial charge in [-0.15, -0.1) is 0 Å². The summed E-state index contributed by atoms with van der Waals surface area (Å²) in [4.78, 5) is 25.4. The van der Waals surface area contributed by atoms with Crippen molar-refractivity contribution >= 4 is 12.1 Å². The third-order valence-electron chi connectivity index (χ3n) is 3.92. The van der Waals surface area contributed by atoms with E-state index < -0.39 is 17.8 Å². The summed E-state index contributed by atoms with van der Waals surface area (Å²) in [5.41, 5.74) is 0. The van der Waals surface area contributed by atoms with E-state index in [0.717, 1.165) is 0 Å². The van der Waals surface area contributed by atoms with Gasteiger partial charge in [-0.25, -0.2) is 9.59 Å². The van der Waals surface area contributed by atoms with E-state index in [4.69, 9.17) is 18.9 Å². The first-order valence-corrected chi connectivity index (χ1v) is 7.83. The molecule has 7 nitrogen and oxygen atoms in total. The number of carbonyl (C=O) groups is 2. The number of nitrogens with zero attached hydrogens (tertiary/aromatic N) is 1. The molecule has 1 fully saturated rings.